The fourth-order valence-corrected chi connectivity index (χ4v) is 7.98. The number of anilines is 3. The Morgan fingerprint density at radius 2 is 0.982 bits per heavy atom. The Balaban J connectivity index is 1.19. The SMILES string of the molecule is c1ccc(-c2nc(-c3ccc4ccccc4c3)nc(-c3cccc4oc5c(N(c6ccccc6)c6ccc7ccccc7c6)c6ccccc6cc5c34)n2)cc1. The van der Waals surface area contributed by atoms with Gasteiger partial charge in [-0.05, 0) is 69.4 Å². The molecule has 56 heavy (non-hydrogen) atoms. The van der Waals surface area contributed by atoms with Gasteiger partial charge in [-0.15, -0.1) is 0 Å². The lowest BCUT2D eigenvalue weighted by Gasteiger charge is -2.27. The molecule has 0 unspecified atom stereocenters. The summed E-state index contributed by atoms with van der Waals surface area (Å²) in [6.07, 6.45) is 0. The molecule has 262 valence electrons. The van der Waals surface area contributed by atoms with Gasteiger partial charge in [0.15, 0.2) is 23.1 Å². The van der Waals surface area contributed by atoms with Crippen molar-refractivity contribution in [2.45, 2.75) is 0 Å². The largest absolute Gasteiger partial charge is 0.454 e. The fourth-order valence-electron chi connectivity index (χ4n) is 7.98. The third-order valence-electron chi connectivity index (χ3n) is 10.6. The highest BCUT2D eigenvalue weighted by atomic mass is 16.3. The summed E-state index contributed by atoms with van der Waals surface area (Å²) < 4.78 is 7.03. The highest BCUT2D eigenvalue weighted by Crippen LogP contribution is 2.48. The third kappa shape index (κ3) is 5.37. The molecule has 11 rings (SSSR count). The summed E-state index contributed by atoms with van der Waals surface area (Å²) in [6.45, 7) is 0. The molecule has 2 heterocycles. The Labute approximate surface area is 322 Å². The Kier molecular flexibility index (Phi) is 7.42. The number of rotatable bonds is 6. The zero-order valence-electron chi connectivity index (χ0n) is 30.2. The fraction of sp³-hybridized carbons (Fsp3) is 0. The highest BCUT2D eigenvalue weighted by Gasteiger charge is 2.25. The normalized spacial score (nSPS) is 11.6. The van der Waals surface area contributed by atoms with E-state index >= 15 is 0 Å². The second-order valence-electron chi connectivity index (χ2n) is 14.0. The van der Waals surface area contributed by atoms with Crippen LogP contribution in [0.25, 0.3) is 88.4 Å². The molecule has 5 nitrogen and oxygen atoms in total. The quantitative estimate of drug-likeness (QED) is 0.171. The molecule has 0 bridgehead atoms. The summed E-state index contributed by atoms with van der Waals surface area (Å²) in [7, 11) is 0. The number of hydrogen-bond donors (Lipinski definition) is 0. The summed E-state index contributed by atoms with van der Waals surface area (Å²) in [6, 6.07) is 67.5. The van der Waals surface area contributed by atoms with E-state index in [1.165, 1.54) is 16.2 Å². The van der Waals surface area contributed by atoms with Crippen LogP contribution in [0, 0.1) is 0 Å². The van der Waals surface area contributed by atoms with Crippen LogP contribution in [0.15, 0.2) is 199 Å². The van der Waals surface area contributed by atoms with Crippen LogP contribution < -0.4 is 4.90 Å². The van der Waals surface area contributed by atoms with Crippen LogP contribution in [-0.2, 0) is 0 Å². The van der Waals surface area contributed by atoms with Gasteiger partial charge in [-0.1, -0.05) is 152 Å². The van der Waals surface area contributed by atoms with Crippen LogP contribution in [0.5, 0.6) is 0 Å². The Bertz CT molecular complexity index is 3260. The Hall–Kier alpha value is -7.63. The average Bonchev–Trinajstić information content (AvgIpc) is 3.65. The van der Waals surface area contributed by atoms with E-state index in [0.717, 1.165) is 71.8 Å². The zero-order chi connectivity index (χ0) is 37.0. The van der Waals surface area contributed by atoms with Crippen molar-refractivity contribution < 1.29 is 4.42 Å². The van der Waals surface area contributed by atoms with Crippen molar-refractivity contribution in [2.75, 3.05) is 4.90 Å². The van der Waals surface area contributed by atoms with Crippen molar-refractivity contribution in [3.05, 3.63) is 194 Å². The lowest BCUT2D eigenvalue weighted by molar-refractivity contribution is 0.669. The monoisotopic (exact) mass is 716 g/mol. The maximum atomic E-state index is 7.03. The van der Waals surface area contributed by atoms with Gasteiger partial charge in [0.1, 0.15) is 5.58 Å². The minimum absolute atomic E-state index is 0.583. The summed E-state index contributed by atoms with van der Waals surface area (Å²) >= 11 is 0. The molecule has 0 atom stereocenters. The molecule has 5 heteroatoms. The zero-order valence-corrected chi connectivity index (χ0v) is 30.2. The molecule has 0 spiro atoms. The average molecular weight is 717 g/mol. The van der Waals surface area contributed by atoms with E-state index in [1.54, 1.807) is 0 Å². The summed E-state index contributed by atoms with van der Waals surface area (Å²) in [5.74, 6) is 1.81. The number of benzene rings is 9. The van der Waals surface area contributed by atoms with Crippen LogP contribution in [0.1, 0.15) is 0 Å². The van der Waals surface area contributed by atoms with E-state index in [1.807, 2.05) is 42.5 Å². The number of para-hydroxylation sites is 1. The van der Waals surface area contributed by atoms with Gasteiger partial charge in [0.25, 0.3) is 0 Å². The molecule has 0 N–H and O–H groups in total. The standard InChI is InChI=1S/C51H32N4O/c1-3-16-35(17-4-1)49-52-50(39-27-26-33-14-7-9-18-36(33)30-39)54-51(53-49)43-24-13-25-45-46(43)44-32-38-20-11-12-23-42(38)47(48(44)56-45)55(40-21-5-2-6-22-40)41-29-28-34-15-8-10-19-37(34)31-41/h1-32H. The van der Waals surface area contributed by atoms with E-state index in [2.05, 4.69) is 157 Å². The predicted octanol–water partition coefficient (Wildman–Crippen LogP) is 13.7. The third-order valence-corrected chi connectivity index (χ3v) is 10.6. The van der Waals surface area contributed by atoms with Crippen molar-refractivity contribution in [3.8, 4) is 34.2 Å². The molecule has 0 amide bonds. The van der Waals surface area contributed by atoms with Gasteiger partial charge in [-0.3, -0.25) is 0 Å². The second-order valence-corrected chi connectivity index (χ2v) is 14.0. The van der Waals surface area contributed by atoms with E-state index in [0.29, 0.717) is 17.5 Å². The first-order valence-corrected chi connectivity index (χ1v) is 18.8. The number of hydrogen-bond acceptors (Lipinski definition) is 5. The summed E-state index contributed by atoms with van der Waals surface area (Å²) in [5.41, 5.74) is 7.31. The first kappa shape index (κ1) is 31.9. The van der Waals surface area contributed by atoms with Crippen LogP contribution in [0.3, 0.4) is 0 Å². The summed E-state index contributed by atoms with van der Waals surface area (Å²) in [5, 5.41) is 8.78. The van der Waals surface area contributed by atoms with Crippen molar-refractivity contribution in [1.82, 2.24) is 15.0 Å². The lowest BCUT2D eigenvalue weighted by atomic mass is 9.99. The Morgan fingerprint density at radius 1 is 0.375 bits per heavy atom. The van der Waals surface area contributed by atoms with Crippen LogP contribution in [0.2, 0.25) is 0 Å². The topological polar surface area (TPSA) is 55.1 Å². The molecule has 0 saturated carbocycles. The lowest BCUT2D eigenvalue weighted by Crippen LogP contribution is -2.10. The van der Waals surface area contributed by atoms with Gasteiger partial charge in [-0.2, -0.15) is 0 Å². The minimum atomic E-state index is 0.583. The minimum Gasteiger partial charge on any atom is -0.454 e. The van der Waals surface area contributed by atoms with Gasteiger partial charge < -0.3 is 9.32 Å². The highest BCUT2D eigenvalue weighted by molar-refractivity contribution is 6.22. The number of aromatic nitrogens is 3. The van der Waals surface area contributed by atoms with E-state index in [4.69, 9.17) is 19.4 Å². The van der Waals surface area contributed by atoms with Gasteiger partial charge in [0.05, 0.1) is 5.69 Å². The maximum Gasteiger partial charge on any atom is 0.164 e. The molecule has 0 radical (unpaired) electrons. The molecule has 11 aromatic rings. The summed E-state index contributed by atoms with van der Waals surface area (Å²) in [4.78, 5) is 17.8. The van der Waals surface area contributed by atoms with E-state index in [9.17, 15) is 0 Å². The first-order chi connectivity index (χ1) is 27.7. The van der Waals surface area contributed by atoms with Gasteiger partial charge in [0, 0.05) is 44.2 Å². The maximum absolute atomic E-state index is 7.03. The first-order valence-electron chi connectivity index (χ1n) is 18.8. The van der Waals surface area contributed by atoms with Crippen molar-refractivity contribution in [2.24, 2.45) is 0 Å². The van der Waals surface area contributed by atoms with Gasteiger partial charge in [0.2, 0.25) is 0 Å². The molecule has 0 aliphatic heterocycles. The molecular formula is C51H32N4O. The molecular weight excluding hydrogens is 685 g/mol. The van der Waals surface area contributed by atoms with Gasteiger partial charge >= 0.3 is 0 Å². The molecule has 0 aliphatic rings. The number of fused-ring (bicyclic) bond motifs is 6. The number of nitrogens with zero attached hydrogens (tertiary/aromatic N) is 4. The van der Waals surface area contributed by atoms with Crippen molar-refractivity contribution in [1.29, 1.82) is 0 Å². The van der Waals surface area contributed by atoms with Crippen LogP contribution >= 0.6 is 0 Å². The molecule has 9 aromatic carbocycles. The van der Waals surface area contributed by atoms with Crippen LogP contribution in [-0.4, -0.2) is 15.0 Å². The van der Waals surface area contributed by atoms with Crippen molar-refractivity contribution >= 4 is 71.3 Å². The Morgan fingerprint density at radius 3 is 1.75 bits per heavy atom. The van der Waals surface area contributed by atoms with E-state index < -0.39 is 0 Å². The molecule has 0 aliphatic carbocycles. The van der Waals surface area contributed by atoms with Crippen LogP contribution in [0.4, 0.5) is 17.1 Å². The number of furan rings is 1. The molecule has 0 fully saturated rings. The van der Waals surface area contributed by atoms with Gasteiger partial charge in [-0.25, -0.2) is 15.0 Å². The molecule has 2 aromatic heterocycles. The molecule has 0 saturated heterocycles. The second kappa shape index (κ2) is 13.0. The predicted molar refractivity (Wildman–Crippen MR) is 231 cm³/mol. The van der Waals surface area contributed by atoms with E-state index in [-0.39, 0.29) is 0 Å². The smallest absolute Gasteiger partial charge is 0.164 e. The van der Waals surface area contributed by atoms with Crippen molar-refractivity contribution in [3.63, 3.8) is 0 Å².